The normalized spacial score (nSPS) is 51.7. The molecule has 3 heteroatoms. The van der Waals surface area contributed by atoms with Gasteiger partial charge in [0.05, 0.1) is 0 Å². The van der Waals surface area contributed by atoms with Crippen LogP contribution in [-0.4, -0.2) is 16.3 Å². The fourth-order valence-corrected chi connectivity index (χ4v) is 8.44. The van der Waals surface area contributed by atoms with E-state index in [1.165, 1.54) is 57.8 Å². The lowest BCUT2D eigenvalue weighted by atomic mass is 9.48. The Morgan fingerprint density at radius 3 is 2.48 bits per heavy atom. The molecule has 23 heavy (non-hydrogen) atoms. The van der Waals surface area contributed by atoms with Crippen molar-refractivity contribution in [2.75, 3.05) is 0 Å². The lowest BCUT2D eigenvalue weighted by Gasteiger charge is -2.60. The second-order valence-electron chi connectivity index (χ2n) is 9.73. The van der Waals surface area contributed by atoms with Crippen LogP contribution in [0.2, 0.25) is 0 Å². The number of halogens is 1. The van der Waals surface area contributed by atoms with Crippen molar-refractivity contribution < 1.29 is 4.79 Å². The van der Waals surface area contributed by atoms with E-state index < -0.39 is 0 Å². The zero-order valence-electron chi connectivity index (χ0n) is 14.7. The zero-order chi connectivity index (χ0) is 16.2. The Hall–Kier alpha value is -0.0500. The Morgan fingerprint density at radius 2 is 1.83 bits per heavy atom. The van der Waals surface area contributed by atoms with Gasteiger partial charge in [0.15, 0.2) is 0 Å². The van der Waals surface area contributed by atoms with Gasteiger partial charge in [0, 0.05) is 16.8 Å². The van der Waals surface area contributed by atoms with Crippen LogP contribution >= 0.6 is 15.9 Å². The molecule has 0 heterocycles. The minimum atomic E-state index is 0.307. The molecule has 0 aromatic rings. The minimum Gasteiger partial charge on any atom is -0.353 e. The number of hydrogen-bond acceptors (Lipinski definition) is 1. The third-order valence-corrected chi connectivity index (χ3v) is 8.63. The van der Waals surface area contributed by atoms with Gasteiger partial charge in [-0.05, 0) is 74.0 Å². The Kier molecular flexibility index (Phi) is 4.10. The van der Waals surface area contributed by atoms with Gasteiger partial charge in [-0.15, -0.1) is 0 Å². The number of alkyl halides is 1. The number of carbonyl (C=O) groups is 1. The van der Waals surface area contributed by atoms with E-state index in [0.29, 0.717) is 27.6 Å². The Bertz CT molecular complexity index is 476. The van der Waals surface area contributed by atoms with Gasteiger partial charge in [0.2, 0.25) is 5.91 Å². The number of hydrogen-bond donors (Lipinski definition) is 1. The summed E-state index contributed by atoms with van der Waals surface area (Å²) in [4.78, 5) is 12.8. The first-order chi connectivity index (χ1) is 10.9. The van der Waals surface area contributed by atoms with Crippen LogP contribution < -0.4 is 5.32 Å². The number of carbonyl (C=O) groups excluding carboxylic acids is 1. The largest absolute Gasteiger partial charge is 0.353 e. The third-order valence-electron chi connectivity index (χ3n) is 7.70. The second-order valence-corrected chi connectivity index (χ2v) is 11.4. The van der Waals surface area contributed by atoms with E-state index in [9.17, 15) is 4.79 Å². The van der Waals surface area contributed by atoms with E-state index in [1.807, 2.05) is 0 Å². The first kappa shape index (κ1) is 16.4. The molecule has 0 saturated heterocycles. The highest BCUT2D eigenvalue weighted by Crippen LogP contribution is 2.65. The predicted molar refractivity (Wildman–Crippen MR) is 97.5 cm³/mol. The molecule has 0 aromatic carbocycles. The highest BCUT2D eigenvalue weighted by molar-refractivity contribution is 9.10. The molecule has 0 aromatic heterocycles. The van der Waals surface area contributed by atoms with Gasteiger partial charge in [0.1, 0.15) is 0 Å². The molecule has 0 aliphatic heterocycles. The van der Waals surface area contributed by atoms with Crippen molar-refractivity contribution in [3.8, 4) is 0 Å². The Balaban J connectivity index is 1.41. The number of amides is 1. The van der Waals surface area contributed by atoms with Crippen LogP contribution in [-0.2, 0) is 4.79 Å². The maximum Gasteiger partial charge on any atom is 0.220 e. The van der Waals surface area contributed by atoms with Crippen molar-refractivity contribution in [1.82, 2.24) is 5.32 Å². The summed E-state index contributed by atoms with van der Waals surface area (Å²) in [5, 5.41) is 3.43. The standard InChI is InChI=1S/C20H32BrNO/c1-13-4-3-5-17(14(13)2)22-18(23)11-19-7-15-6-16(8-19)10-20(21,9-15)12-19/h13-17H,3-12H2,1-2H3,(H,22,23)/t13-,14+,15-,16-,17-,19?,20?/m1/s1. The van der Waals surface area contributed by atoms with Crippen molar-refractivity contribution in [2.45, 2.75) is 88.4 Å². The topological polar surface area (TPSA) is 29.1 Å². The van der Waals surface area contributed by atoms with Crippen LogP contribution in [0.4, 0.5) is 0 Å². The summed E-state index contributed by atoms with van der Waals surface area (Å²) in [6.07, 6.45) is 12.5. The molecule has 5 fully saturated rings. The molecule has 1 amide bonds. The number of nitrogens with one attached hydrogen (secondary N) is 1. The van der Waals surface area contributed by atoms with Crippen LogP contribution in [0.25, 0.3) is 0 Å². The maximum atomic E-state index is 12.8. The molecule has 0 unspecified atom stereocenters. The molecule has 0 spiro atoms. The van der Waals surface area contributed by atoms with Crippen molar-refractivity contribution >= 4 is 21.8 Å². The highest BCUT2D eigenvalue weighted by atomic mass is 79.9. The summed E-state index contributed by atoms with van der Waals surface area (Å²) in [6, 6.07) is 0.415. The highest BCUT2D eigenvalue weighted by Gasteiger charge is 2.57. The van der Waals surface area contributed by atoms with Crippen molar-refractivity contribution in [1.29, 1.82) is 0 Å². The predicted octanol–water partition coefficient (Wildman–Crippen LogP) is 5.05. The van der Waals surface area contributed by atoms with E-state index in [-0.39, 0.29) is 0 Å². The van der Waals surface area contributed by atoms with E-state index in [0.717, 1.165) is 24.2 Å². The third kappa shape index (κ3) is 3.12. The fourth-order valence-electron chi connectivity index (χ4n) is 6.93. The van der Waals surface area contributed by atoms with E-state index in [2.05, 4.69) is 35.1 Å². The summed E-state index contributed by atoms with van der Waals surface area (Å²) < 4.78 is 0.365. The van der Waals surface area contributed by atoms with Gasteiger partial charge in [-0.2, -0.15) is 0 Å². The Morgan fingerprint density at radius 1 is 1.13 bits per heavy atom. The molecular formula is C20H32BrNO. The first-order valence-corrected chi connectivity index (χ1v) is 10.6. The monoisotopic (exact) mass is 381 g/mol. The second kappa shape index (κ2) is 5.75. The molecule has 130 valence electrons. The van der Waals surface area contributed by atoms with Crippen molar-refractivity contribution in [3.05, 3.63) is 0 Å². The minimum absolute atomic E-state index is 0.307. The van der Waals surface area contributed by atoms with Crippen LogP contribution in [0, 0.1) is 29.1 Å². The van der Waals surface area contributed by atoms with E-state index >= 15 is 0 Å². The molecular weight excluding hydrogens is 350 g/mol. The average molecular weight is 382 g/mol. The molecule has 1 N–H and O–H groups in total. The molecule has 5 rings (SSSR count). The molecule has 5 aliphatic carbocycles. The smallest absolute Gasteiger partial charge is 0.220 e. The molecule has 5 aliphatic rings. The molecule has 2 nitrogen and oxygen atoms in total. The summed E-state index contributed by atoms with van der Waals surface area (Å²) in [5.41, 5.74) is 0.307. The van der Waals surface area contributed by atoms with Gasteiger partial charge < -0.3 is 5.32 Å². The molecule has 0 radical (unpaired) electrons. The summed E-state index contributed by atoms with van der Waals surface area (Å²) in [6.45, 7) is 4.67. The number of rotatable bonds is 3. The van der Waals surface area contributed by atoms with Crippen LogP contribution in [0.3, 0.4) is 0 Å². The average Bonchev–Trinajstić information content (AvgIpc) is 2.40. The van der Waals surface area contributed by atoms with Gasteiger partial charge in [0.25, 0.3) is 0 Å². The van der Waals surface area contributed by atoms with Crippen molar-refractivity contribution in [2.24, 2.45) is 29.1 Å². The SMILES string of the molecule is C[C@H]1[C@H](C)CCC[C@H]1NC(=O)CC12C[C@H]3C[C@@H](CC(Br)(C3)C1)C2. The van der Waals surface area contributed by atoms with Gasteiger partial charge in [-0.1, -0.05) is 42.6 Å². The van der Waals surface area contributed by atoms with Crippen LogP contribution in [0.5, 0.6) is 0 Å². The van der Waals surface area contributed by atoms with E-state index in [4.69, 9.17) is 0 Å². The quantitative estimate of drug-likeness (QED) is 0.680. The maximum absolute atomic E-state index is 12.8. The van der Waals surface area contributed by atoms with E-state index in [1.54, 1.807) is 0 Å². The Labute approximate surface area is 149 Å². The summed E-state index contributed by atoms with van der Waals surface area (Å²) >= 11 is 4.07. The first-order valence-electron chi connectivity index (χ1n) is 9.85. The van der Waals surface area contributed by atoms with Crippen LogP contribution in [0.15, 0.2) is 0 Å². The van der Waals surface area contributed by atoms with Gasteiger partial charge >= 0.3 is 0 Å². The summed E-state index contributed by atoms with van der Waals surface area (Å²) in [7, 11) is 0. The van der Waals surface area contributed by atoms with Gasteiger partial charge in [-0.25, -0.2) is 0 Å². The molecule has 5 atom stereocenters. The lowest BCUT2D eigenvalue weighted by Crippen LogP contribution is -2.54. The van der Waals surface area contributed by atoms with Crippen LogP contribution in [0.1, 0.15) is 78.1 Å². The molecule has 5 saturated carbocycles. The zero-order valence-corrected chi connectivity index (χ0v) is 16.3. The summed E-state index contributed by atoms with van der Waals surface area (Å²) in [5.74, 6) is 3.47. The van der Waals surface area contributed by atoms with Crippen molar-refractivity contribution in [3.63, 3.8) is 0 Å². The molecule has 4 bridgehead atoms. The lowest BCUT2D eigenvalue weighted by molar-refractivity contribution is -0.129. The van der Waals surface area contributed by atoms with Gasteiger partial charge in [-0.3, -0.25) is 4.79 Å². The fraction of sp³-hybridized carbons (Fsp3) is 0.950.